The van der Waals surface area contributed by atoms with Gasteiger partial charge in [-0.2, -0.15) is 13.2 Å². The average Bonchev–Trinajstić information content (AvgIpc) is 2.54. The third kappa shape index (κ3) is 4.91. The first kappa shape index (κ1) is 19.6. The fraction of sp³-hybridized carbons (Fsp3) is 0.133. The van der Waals surface area contributed by atoms with Crippen molar-refractivity contribution in [2.45, 2.75) is 11.1 Å². The van der Waals surface area contributed by atoms with Crippen LogP contribution >= 0.6 is 11.8 Å². The number of hydrogen-bond acceptors (Lipinski definition) is 4. The van der Waals surface area contributed by atoms with Gasteiger partial charge >= 0.3 is 6.18 Å². The predicted molar refractivity (Wildman–Crippen MR) is 83.8 cm³/mol. The third-order valence-corrected chi connectivity index (χ3v) is 4.11. The zero-order valence-electron chi connectivity index (χ0n) is 12.6. The molecule has 2 aromatic rings. The van der Waals surface area contributed by atoms with Crippen molar-refractivity contribution in [2.75, 3.05) is 11.1 Å². The Kier molecular flexibility index (Phi) is 5.80. The maximum absolute atomic E-state index is 13.4. The molecule has 1 amide bonds. The first-order valence-electron chi connectivity index (χ1n) is 6.81. The molecule has 138 valence electrons. The Balaban J connectivity index is 2.11. The molecule has 26 heavy (non-hydrogen) atoms. The lowest BCUT2D eigenvalue weighted by Gasteiger charge is -2.09. The summed E-state index contributed by atoms with van der Waals surface area (Å²) in [7, 11) is 0. The molecule has 5 nitrogen and oxygen atoms in total. The van der Waals surface area contributed by atoms with Crippen LogP contribution in [0.1, 0.15) is 5.56 Å². The van der Waals surface area contributed by atoms with Gasteiger partial charge in [0.05, 0.1) is 26.8 Å². The van der Waals surface area contributed by atoms with Crippen molar-refractivity contribution in [3.63, 3.8) is 0 Å². The van der Waals surface area contributed by atoms with Gasteiger partial charge in [0, 0.05) is 12.1 Å². The lowest BCUT2D eigenvalue weighted by molar-refractivity contribution is -0.388. The van der Waals surface area contributed by atoms with Crippen LogP contribution in [0.2, 0.25) is 0 Å². The highest BCUT2D eigenvalue weighted by atomic mass is 32.2. The van der Waals surface area contributed by atoms with Crippen molar-refractivity contribution < 1.29 is 31.7 Å². The Hall–Kier alpha value is -2.69. The van der Waals surface area contributed by atoms with Crippen molar-refractivity contribution in [1.82, 2.24) is 0 Å². The molecule has 2 aromatic carbocycles. The van der Waals surface area contributed by atoms with Gasteiger partial charge in [-0.15, -0.1) is 11.8 Å². The number of nitrogens with one attached hydrogen (secondary N) is 1. The second-order valence-corrected chi connectivity index (χ2v) is 5.92. The number of amides is 1. The molecule has 0 atom stereocenters. The van der Waals surface area contributed by atoms with Gasteiger partial charge in [0.2, 0.25) is 5.91 Å². The van der Waals surface area contributed by atoms with Gasteiger partial charge in [-0.3, -0.25) is 14.9 Å². The van der Waals surface area contributed by atoms with Crippen LogP contribution < -0.4 is 5.32 Å². The predicted octanol–water partition coefficient (Wildman–Crippen LogP) is 4.62. The van der Waals surface area contributed by atoms with E-state index in [2.05, 4.69) is 5.32 Å². The number of nitro benzene ring substituents is 1. The Labute approximate surface area is 147 Å². The van der Waals surface area contributed by atoms with E-state index >= 15 is 0 Å². The number of carbonyl (C=O) groups is 1. The molecule has 0 aliphatic rings. The van der Waals surface area contributed by atoms with E-state index in [4.69, 9.17) is 0 Å². The standard InChI is InChI=1S/C15H9F5N2O3S/c16-9-2-3-11(10(17)6-9)21-14(23)7-26-13-4-1-8(15(18,19)20)5-12(13)22(24)25/h1-6H,7H2,(H,21,23). The number of halogens is 5. The summed E-state index contributed by atoms with van der Waals surface area (Å²) in [5, 5.41) is 13.1. The summed E-state index contributed by atoms with van der Waals surface area (Å²) in [6.07, 6.45) is -4.74. The van der Waals surface area contributed by atoms with Crippen LogP contribution in [0, 0.1) is 21.7 Å². The summed E-state index contributed by atoms with van der Waals surface area (Å²) in [6.45, 7) is 0. The number of thioether (sulfide) groups is 1. The molecular formula is C15H9F5N2O3S. The lowest BCUT2D eigenvalue weighted by atomic mass is 10.2. The molecule has 0 aliphatic carbocycles. The van der Waals surface area contributed by atoms with E-state index in [0.717, 1.165) is 18.2 Å². The van der Waals surface area contributed by atoms with Gasteiger partial charge < -0.3 is 5.32 Å². The van der Waals surface area contributed by atoms with Gasteiger partial charge in [-0.1, -0.05) is 0 Å². The SMILES string of the molecule is O=C(CSc1ccc(C(F)(F)F)cc1[N+](=O)[O-])Nc1ccc(F)cc1F. The zero-order chi connectivity index (χ0) is 19.5. The first-order valence-corrected chi connectivity index (χ1v) is 7.80. The lowest BCUT2D eigenvalue weighted by Crippen LogP contribution is -2.15. The quantitative estimate of drug-likeness (QED) is 0.349. The zero-order valence-corrected chi connectivity index (χ0v) is 13.5. The fourth-order valence-electron chi connectivity index (χ4n) is 1.88. The maximum atomic E-state index is 13.4. The van der Waals surface area contributed by atoms with E-state index < -0.39 is 45.6 Å². The van der Waals surface area contributed by atoms with Crippen LogP contribution in [-0.2, 0) is 11.0 Å². The summed E-state index contributed by atoms with van der Waals surface area (Å²) in [5.41, 5.74) is -2.28. The second-order valence-electron chi connectivity index (χ2n) is 4.90. The monoisotopic (exact) mass is 392 g/mol. The number of hydrogen-bond donors (Lipinski definition) is 1. The Bertz CT molecular complexity index is 858. The number of alkyl halides is 3. The summed E-state index contributed by atoms with van der Waals surface area (Å²) < 4.78 is 64.1. The molecular weight excluding hydrogens is 383 g/mol. The van der Waals surface area contributed by atoms with Gasteiger partial charge in [-0.25, -0.2) is 8.78 Å². The number of nitro groups is 1. The first-order chi connectivity index (χ1) is 12.1. The molecule has 0 unspecified atom stereocenters. The molecule has 2 rings (SSSR count). The third-order valence-electron chi connectivity index (χ3n) is 3.05. The number of carbonyl (C=O) groups excluding carboxylic acids is 1. The summed E-state index contributed by atoms with van der Waals surface area (Å²) in [4.78, 5) is 21.6. The highest BCUT2D eigenvalue weighted by Crippen LogP contribution is 2.36. The number of anilines is 1. The van der Waals surface area contributed by atoms with Crippen molar-refractivity contribution in [3.8, 4) is 0 Å². The van der Waals surface area contributed by atoms with Crippen LogP contribution in [0.25, 0.3) is 0 Å². The summed E-state index contributed by atoms with van der Waals surface area (Å²) >= 11 is 0.613. The smallest absolute Gasteiger partial charge is 0.323 e. The molecule has 11 heteroatoms. The molecule has 0 fully saturated rings. The van der Waals surface area contributed by atoms with Gasteiger partial charge in [0.15, 0.2) is 0 Å². The van der Waals surface area contributed by atoms with Crippen molar-refractivity contribution in [2.24, 2.45) is 0 Å². The highest BCUT2D eigenvalue weighted by molar-refractivity contribution is 8.00. The molecule has 0 bridgehead atoms. The molecule has 0 heterocycles. The van der Waals surface area contributed by atoms with Crippen molar-refractivity contribution in [1.29, 1.82) is 0 Å². The van der Waals surface area contributed by atoms with Crippen LogP contribution in [-0.4, -0.2) is 16.6 Å². The largest absolute Gasteiger partial charge is 0.416 e. The van der Waals surface area contributed by atoms with E-state index in [1.165, 1.54) is 0 Å². The van der Waals surface area contributed by atoms with Gasteiger partial charge in [-0.05, 0) is 24.3 Å². The van der Waals surface area contributed by atoms with Gasteiger partial charge in [0.1, 0.15) is 11.6 Å². The number of nitrogens with zero attached hydrogens (tertiary/aromatic N) is 1. The molecule has 0 saturated carbocycles. The summed E-state index contributed by atoms with van der Waals surface area (Å²) in [5.74, 6) is -3.04. The summed E-state index contributed by atoms with van der Waals surface area (Å²) in [6, 6.07) is 4.40. The van der Waals surface area contributed by atoms with Crippen LogP contribution in [0.5, 0.6) is 0 Å². The number of rotatable bonds is 5. The van der Waals surface area contributed by atoms with Crippen LogP contribution in [0.4, 0.5) is 33.3 Å². The topological polar surface area (TPSA) is 72.2 Å². The van der Waals surface area contributed by atoms with Crippen molar-refractivity contribution >= 4 is 29.0 Å². The Morgan fingerprint density at radius 2 is 1.85 bits per heavy atom. The minimum absolute atomic E-state index is 0.155. The van der Waals surface area contributed by atoms with E-state index in [1.54, 1.807) is 0 Å². The highest BCUT2D eigenvalue weighted by Gasteiger charge is 2.33. The Morgan fingerprint density at radius 3 is 2.42 bits per heavy atom. The molecule has 1 N–H and O–H groups in total. The molecule has 0 aliphatic heterocycles. The van der Waals surface area contributed by atoms with Gasteiger partial charge in [0.25, 0.3) is 5.69 Å². The molecule has 0 saturated heterocycles. The van der Waals surface area contributed by atoms with Crippen molar-refractivity contribution in [3.05, 3.63) is 63.7 Å². The number of benzene rings is 2. The van der Waals surface area contributed by atoms with E-state index in [9.17, 15) is 36.9 Å². The maximum Gasteiger partial charge on any atom is 0.416 e. The normalized spacial score (nSPS) is 11.3. The fourth-order valence-corrected chi connectivity index (χ4v) is 2.68. The van der Waals surface area contributed by atoms with E-state index in [1.807, 2.05) is 0 Å². The average molecular weight is 392 g/mol. The minimum atomic E-state index is -4.74. The van der Waals surface area contributed by atoms with E-state index in [-0.39, 0.29) is 10.6 Å². The minimum Gasteiger partial charge on any atom is -0.323 e. The molecule has 0 spiro atoms. The van der Waals surface area contributed by atoms with Crippen LogP contribution in [0.3, 0.4) is 0 Å². The van der Waals surface area contributed by atoms with E-state index in [0.29, 0.717) is 30.0 Å². The second kappa shape index (κ2) is 7.68. The Morgan fingerprint density at radius 1 is 1.15 bits per heavy atom. The van der Waals surface area contributed by atoms with Crippen LogP contribution in [0.15, 0.2) is 41.3 Å². The molecule has 0 radical (unpaired) electrons. The molecule has 0 aromatic heterocycles.